The Kier molecular flexibility index (Phi) is 4.09. The Balaban J connectivity index is 1.96. The van der Waals surface area contributed by atoms with Gasteiger partial charge in [-0.05, 0) is 42.3 Å². The predicted molar refractivity (Wildman–Crippen MR) is 77.4 cm³/mol. The SMILES string of the molecule is C#CCCCCNC1c2ccccc2CC1(C)C. The van der Waals surface area contributed by atoms with Crippen LogP contribution in [0, 0.1) is 17.8 Å². The third-order valence-corrected chi connectivity index (χ3v) is 3.89. The van der Waals surface area contributed by atoms with Crippen molar-refractivity contribution >= 4 is 0 Å². The van der Waals surface area contributed by atoms with Gasteiger partial charge in [0.15, 0.2) is 0 Å². The van der Waals surface area contributed by atoms with E-state index in [1.54, 1.807) is 0 Å². The molecule has 96 valence electrons. The van der Waals surface area contributed by atoms with Crippen molar-refractivity contribution in [1.29, 1.82) is 0 Å². The van der Waals surface area contributed by atoms with Crippen LogP contribution in [0.4, 0.5) is 0 Å². The first-order chi connectivity index (χ1) is 8.65. The van der Waals surface area contributed by atoms with Crippen LogP contribution in [-0.4, -0.2) is 6.54 Å². The summed E-state index contributed by atoms with van der Waals surface area (Å²) in [5.74, 6) is 2.70. The van der Waals surface area contributed by atoms with E-state index in [1.165, 1.54) is 24.0 Å². The minimum Gasteiger partial charge on any atom is -0.309 e. The van der Waals surface area contributed by atoms with Crippen molar-refractivity contribution in [3.05, 3.63) is 35.4 Å². The molecule has 1 atom stereocenters. The molecule has 0 radical (unpaired) electrons. The molecule has 1 aliphatic carbocycles. The second kappa shape index (κ2) is 5.59. The van der Waals surface area contributed by atoms with E-state index in [0.717, 1.165) is 19.4 Å². The van der Waals surface area contributed by atoms with Gasteiger partial charge in [0.25, 0.3) is 0 Å². The van der Waals surface area contributed by atoms with Gasteiger partial charge in [-0.1, -0.05) is 38.1 Å². The first-order valence-electron chi connectivity index (χ1n) is 6.90. The highest BCUT2D eigenvalue weighted by Crippen LogP contribution is 2.44. The molecule has 0 bridgehead atoms. The topological polar surface area (TPSA) is 12.0 Å². The smallest absolute Gasteiger partial charge is 0.0377 e. The van der Waals surface area contributed by atoms with E-state index < -0.39 is 0 Å². The van der Waals surface area contributed by atoms with Gasteiger partial charge >= 0.3 is 0 Å². The number of hydrogen-bond donors (Lipinski definition) is 1. The molecule has 1 N–H and O–H groups in total. The molecule has 0 aromatic heterocycles. The third kappa shape index (κ3) is 2.76. The molecule has 0 spiro atoms. The zero-order chi connectivity index (χ0) is 13.0. The molecule has 0 saturated carbocycles. The Bertz CT molecular complexity index is 439. The number of terminal acetylenes is 1. The van der Waals surface area contributed by atoms with Crippen molar-refractivity contribution in [3.63, 3.8) is 0 Å². The lowest BCUT2D eigenvalue weighted by molar-refractivity contribution is 0.269. The van der Waals surface area contributed by atoms with Gasteiger partial charge in [-0.25, -0.2) is 0 Å². The van der Waals surface area contributed by atoms with Crippen LogP contribution in [0.2, 0.25) is 0 Å². The van der Waals surface area contributed by atoms with Crippen molar-refractivity contribution in [3.8, 4) is 12.3 Å². The fourth-order valence-electron chi connectivity index (χ4n) is 2.98. The van der Waals surface area contributed by atoms with Gasteiger partial charge in [-0.15, -0.1) is 12.3 Å². The third-order valence-electron chi connectivity index (χ3n) is 3.89. The molecule has 0 fully saturated rings. The minimum atomic E-state index is 0.315. The molecule has 0 heterocycles. The normalized spacial score (nSPS) is 20.4. The van der Waals surface area contributed by atoms with Gasteiger partial charge in [-0.2, -0.15) is 0 Å². The summed E-state index contributed by atoms with van der Waals surface area (Å²) in [6.07, 6.45) is 9.62. The summed E-state index contributed by atoms with van der Waals surface area (Å²) in [7, 11) is 0. The Morgan fingerprint density at radius 2 is 2.11 bits per heavy atom. The molecule has 1 aromatic carbocycles. The van der Waals surface area contributed by atoms with Crippen LogP contribution in [0.3, 0.4) is 0 Å². The maximum absolute atomic E-state index is 5.27. The number of nitrogens with one attached hydrogen (secondary N) is 1. The van der Waals surface area contributed by atoms with Crippen LogP contribution in [0.1, 0.15) is 50.3 Å². The van der Waals surface area contributed by atoms with Gasteiger partial charge < -0.3 is 5.32 Å². The fourth-order valence-corrected chi connectivity index (χ4v) is 2.98. The summed E-state index contributed by atoms with van der Waals surface area (Å²) in [5, 5.41) is 3.72. The van der Waals surface area contributed by atoms with Crippen molar-refractivity contribution in [2.24, 2.45) is 5.41 Å². The molecule has 0 amide bonds. The highest BCUT2D eigenvalue weighted by atomic mass is 14.9. The second-order valence-corrected chi connectivity index (χ2v) is 5.91. The van der Waals surface area contributed by atoms with Crippen LogP contribution in [0.25, 0.3) is 0 Å². The number of benzene rings is 1. The van der Waals surface area contributed by atoms with Crippen molar-refractivity contribution in [2.45, 2.75) is 45.6 Å². The number of fused-ring (bicyclic) bond motifs is 1. The van der Waals surface area contributed by atoms with E-state index in [1.807, 2.05) is 0 Å². The number of unbranched alkanes of at least 4 members (excludes halogenated alkanes) is 2. The lowest BCUT2D eigenvalue weighted by Gasteiger charge is -2.28. The first-order valence-corrected chi connectivity index (χ1v) is 6.90. The van der Waals surface area contributed by atoms with E-state index in [9.17, 15) is 0 Å². The van der Waals surface area contributed by atoms with Gasteiger partial charge in [0.1, 0.15) is 0 Å². The van der Waals surface area contributed by atoms with Gasteiger partial charge in [-0.3, -0.25) is 0 Å². The average Bonchev–Trinajstić information content (AvgIpc) is 2.60. The fraction of sp³-hybridized carbons (Fsp3) is 0.529. The number of hydrogen-bond acceptors (Lipinski definition) is 1. The van der Waals surface area contributed by atoms with Crippen molar-refractivity contribution in [2.75, 3.05) is 6.54 Å². The Morgan fingerprint density at radius 3 is 2.89 bits per heavy atom. The predicted octanol–water partition coefficient (Wildman–Crippen LogP) is 3.70. The minimum absolute atomic E-state index is 0.315. The molecule has 0 saturated heterocycles. The first kappa shape index (κ1) is 13.2. The monoisotopic (exact) mass is 241 g/mol. The molecule has 2 rings (SSSR count). The Hall–Kier alpha value is -1.26. The van der Waals surface area contributed by atoms with E-state index in [4.69, 9.17) is 6.42 Å². The zero-order valence-corrected chi connectivity index (χ0v) is 11.5. The Morgan fingerprint density at radius 1 is 1.33 bits per heavy atom. The molecule has 18 heavy (non-hydrogen) atoms. The molecule has 1 aromatic rings. The van der Waals surface area contributed by atoms with Crippen LogP contribution in [0.15, 0.2) is 24.3 Å². The summed E-state index contributed by atoms with van der Waals surface area (Å²) >= 11 is 0. The molecule has 0 aliphatic heterocycles. The van der Waals surface area contributed by atoms with Crippen LogP contribution in [0.5, 0.6) is 0 Å². The molecule has 1 nitrogen and oxygen atoms in total. The Labute approximate surface area is 111 Å². The van der Waals surface area contributed by atoms with Crippen LogP contribution in [-0.2, 0) is 6.42 Å². The molecular weight excluding hydrogens is 218 g/mol. The van der Waals surface area contributed by atoms with E-state index in [-0.39, 0.29) is 0 Å². The lowest BCUT2D eigenvalue weighted by Crippen LogP contribution is -2.31. The maximum Gasteiger partial charge on any atom is 0.0377 e. The van der Waals surface area contributed by atoms with E-state index in [2.05, 4.69) is 49.4 Å². The molecule has 1 heteroatoms. The lowest BCUT2D eigenvalue weighted by atomic mass is 9.85. The molecule has 1 unspecified atom stereocenters. The maximum atomic E-state index is 5.27. The van der Waals surface area contributed by atoms with Gasteiger partial charge in [0.05, 0.1) is 0 Å². The average molecular weight is 241 g/mol. The summed E-state index contributed by atoms with van der Waals surface area (Å²) in [5.41, 5.74) is 3.30. The van der Waals surface area contributed by atoms with E-state index >= 15 is 0 Å². The second-order valence-electron chi connectivity index (χ2n) is 5.91. The van der Waals surface area contributed by atoms with Crippen molar-refractivity contribution in [1.82, 2.24) is 5.32 Å². The van der Waals surface area contributed by atoms with Crippen molar-refractivity contribution < 1.29 is 0 Å². The van der Waals surface area contributed by atoms with Gasteiger partial charge in [0.2, 0.25) is 0 Å². The largest absolute Gasteiger partial charge is 0.309 e. The highest BCUT2D eigenvalue weighted by molar-refractivity contribution is 5.37. The van der Waals surface area contributed by atoms with Crippen LogP contribution >= 0.6 is 0 Å². The summed E-state index contributed by atoms with van der Waals surface area (Å²) in [6.45, 7) is 5.77. The van der Waals surface area contributed by atoms with E-state index in [0.29, 0.717) is 11.5 Å². The standard InChI is InChI=1S/C17H23N/c1-4-5-6-9-12-18-16-15-11-8-7-10-14(15)13-17(16,2)3/h1,7-8,10-11,16,18H,5-6,9,12-13H2,2-3H3. The van der Waals surface area contributed by atoms with Crippen LogP contribution < -0.4 is 5.32 Å². The summed E-state index contributed by atoms with van der Waals surface area (Å²) < 4.78 is 0. The summed E-state index contributed by atoms with van der Waals surface area (Å²) in [4.78, 5) is 0. The highest BCUT2D eigenvalue weighted by Gasteiger charge is 2.37. The quantitative estimate of drug-likeness (QED) is 0.612. The summed E-state index contributed by atoms with van der Waals surface area (Å²) in [6, 6.07) is 9.30. The molecule has 1 aliphatic rings. The zero-order valence-electron chi connectivity index (χ0n) is 11.5. The number of rotatable bonds is 5. The molecular formula is C17H23N. The van der Waals surface area contributed by atoms with Gasteiger partial charge in [0, 0.05) is 12.5 Å².